The van der Waals surface area contributed by atoms with Crippen molar-refractivity contribution in [3.05, 3.63) is 41.7 Å². The molecule has 0 saturated carbocycles. The SMILES string of the molecule is Cc1ccc(OC(=O)N(C)C[C@@H]2OCc3cnnn3CCCC(=O)N([C@H](C)CO)C[C@H]2C)cc1. The summed E-state index contributed by atoms with van der Waals surface area (Å²) in [6.07, 6.45) is 1.75. The number of aliphatic hydroxyl groups excluding tert-OH is 1. The molecule has 10 heteroatoms. The molecule has 0 fully saturated rings. The minimum atomic E-state index is -0.492. The van der Waals surface area contributed by atoms with Gasteiger partial charge >= 0.3 is 6.09 Å². The lowest BCUT2D eigenvalue weighted by atomic mass is 10.0. The molecule has 10 nitrogen and oxygen atoms in total. The Balaban J connectivity index is 1.76. The van der Waals surface area contributed by atoms with Crippen molar-refractivity contribution in [2.24, 2.45) is 5.92 Å². The number of carbonyl (C=O) groups is 2. The lowest BCUT2D eigenvalue weighted by molar-refractivity contribution is -0.136. The molecule has 0 radical (unpaired) electrons. The predicted molar refractivity (Wildman–Crippen MR) is 125 cm³/mol. The van der Waals surface area contributed by atoms with Gasteiger partial charge in [-0.15, -0.1) is 5.10 Å². The topological polar surface area (TPSA) is 110 Å². The van der Waals surface area contributed by atoms with Gasteiger partial charge in [0, 0.05) is 32.5 Å². The number of aryl methyl sites for hydroxylation is 2. The summed E-state index contributed by atoms with van der Waals surface area (Å²) in [4.78, 5) is 28.8. The van der Waals surface area contributed by atoms with Crippen molar-refractivity contribution in [1.82, 2.24) is 24.8 Å². The van der Waals surface area contributed by atoms with E-state index in [9.17, 15) is 14.7 Å². The monoisotopic (exact) mass is 473 g/mol. The Morgan fingerprint density at radius 2 is 2.09 bits per heavy atom. The molecule has 2 aromatic rings. The second kappa shape index (κ2) is 11.9. The second-order valence-electron chi connectivity index (χ2n) is 9.02. The number of ether oxygens (including phenoxy) is 2. The minimum Gasteiger partial charge on any atom is -0.410 e. The molecule has 1 aromatic carbocycles. The zero-order valence-corrected chi connectivity index (χ0v) is 20.4. The Bertz CT molecular complexity index is 947. The first kappa shape index (κ1) is 25.6. The molecule has 0 unspecified atom stereocenters. The van der Waals surface area contributed by atoms with Crippen molar-refractivity contribution in [2.45, 2.75) is 58.9 Å². The van der Waals surface area contributed by atoms with Crippen molar-refractivity contribution in [1.29, 1.82) is 0 Å². The van der Waals surface area contributed by atoms with Crippen LogP contribution in [0.4, 0.5) is 4.79 Å². The van der Waals surface area contributed by atoms with Gasteiger partial charge in [-0.3, -0.25) is 4.79 Å². The Labute approximate surface area is 200 Å². The van der Waals surface area contributed by atoms with Gasteiger partial charge in [0.05, 0.1) is 43.8 Å². The molecule has 1 N–H and O–H groups in total. The highest BCUT2D eigenvalue weighted by Crippen LogP contribution is 2.19. The normalized spacial score (nSPS) is 20.6. The van der Waals surface area contributed by atoms with E-state index in [0.717, 1.165) is 11.3 Å². The summed E-state index contributed by atoms with van der Waals surface area (Å²) in [5.74, 6) is 0.330. The van der Waals surface area contributed by atoms with Crippen LogP contribution in [0.2, 0.25) is 0 Å². The number of carbonyl (C=O) groups excluding carboxylic acids is 2. The molecule has 2 amide bonds. The van der Waals surface area contributed by atoms with Crippen LogP contribution in [0.3, 0.4) is 0 Å². The highest BCUT2D eigenvalue weighted by Gasteiger charge is 2.29. The third kappa shape index (κ3) is 6.77. The van der Waals surface area contributed by atoms with Gasteiger partial charge in [-0.05, 0) is 32.4 Å². The Morgan fingerprint density at radius 3 is 2.79 bits per heavy atom. The molecule has 1 aliphatic heterocycles. The van der Waals surface area contributed by atoms with Gasteiger partial charge < -0.3 is 24.4 Å². The third-order valence-corrected chi connectivity index (χ3v) is 6.13. The van der Waals surface area contributed by atoms with Crippen LogP contribution in [0.1, 0.15) is 37.9 Å². The largest absolute Gasteiger partial charge is 0.415 e. The smallest absolute Gasteiger partial charge is 0.410 e. The van der Waals surface area contributed by atoms with E-state index in [4.69, 9.17) is 9.47 Å². The van der Waals surface area contributed by atoms with Crippen molar-refractivity contribution >= 4 is 12.0 Å². The summed E-state index contributed by atoms with van der Waals surface area (Å²) in [5, 5.41) is 17.8. The maximum absolute atomic E-state index is 12.9. The molecule has 0 spiro atoms. The van der Waals surface area contributed by atoms with E-state index in [0.29, 0.717) is 31.7 Å². The van der Waals surface area contributed by atoms with E-state index in [1.165, 1.54) is 4.90 Å². The first-order chi connectivity index (χ1) is 16.3. The summed E-state index contributed by atoms with van der Waals surface area (Å²) >= 11 is 0. The van der Waals surface area contributed by atoms with Gasteiger partial charge in [-0.1, -0.05) is 29.8 Å². The molecule has 3 rings (SSSR count). The highest BCUT2D eigenvalue weighted by atomic mass is 16.6. The van der Waals surface area contributed by atoms with E-state index in [1.54, 1.807) is 35.0 Å². The van der Waals surface area contributed by atoms with Crippen molar-refractivity contribution in [2.75, 3.05) is 26.7 Å². The summed E-state index contributed by atoms with van der Waals surface area (Å²) in [6, 6.07) is 6.95. The fourth-order valence-electron chi connectivity index (χ4n) is 3.88. The molecular formula is C24H35N5O5. The van der Waals surface area contributed by atoms with Crippen molar-refractivity contribution in [3.8, 4) is 5.75 Å². The number of hydrogen-bond donors (Lipinski definition) is 1. The maximum Gasteiger partial charge on any atom is 0.415 e. The van der Waals surface area contributed by atoms with E-state index < -0.39 is 6.09 Å². The van der Waals surface area contributed by atoms with Crippen LogP contribution in [0.15, 0.2) is 30.5 Å². The third-order valence-electron chi connectivity index (χ3n) is 6.13. The number of likely N-dealkylation sites (N-methyl/N-ethyl adjacent to an activating group) is 1. The first-order valence-corrected chi connectivity index (χ1v) is 11.7. The standard InChI is InChI=1S/C24H35N5O5/c1-17-7-9-21(10-8-17)34-24(32)27(4)14-22-18(2)13-28(19(3)15-30)23(31)6-5-11-29-20(16-33-22)12-25-26-29/h7-10,12,18-19,22,30H,5-6,11,13-16H2,1-4H3/t18-,19-,22+/m1/s1. The molecule has 0 aliphatic carbocycles. The fraction of sp³-hybridized carbons (Fsp3) is 0.583. The van der Waals surface area contributed by atoms with Gasteiger partial charge in [-0.2, -0.15) is 0 Å². The number of nitrogens with zero attached hydrogens (tertiary/aromatic N) is 5. The molecular weight excluding hydrogens is 438 g/mol. The zero-order chi connectivity index (χ0) is 24.7. The summed E-state index contributed by atoms with van der Waals surface area (Å²) in [7, 11) is 1.66. The lowest BCUT2D eigenvalue weighted by Crippen LogP contribution is -2.48. The maximum atomic E-state index is 12.9. The van der Waals surface area contributed by atoms with Gasteiger partial charge in [0.2, 0.25) is 5.91 Å². The van der Waals surface area contributed by atoms with E-state index in [2.05, 4.69) is 10.3 Å². The number of aliphatic hydroxyl groups is 1. The van der Waals surface area contributed by atoms with Gasteiger partial charge in [0.15, 0.2) is 0 Å². The molecule has 1 aromatic heterocycles. The van der Waals surface area contributed by atoms with Crippen LogP contribution in [-0.2, 0) is 22.7 Å². The minimum absolute atomic E-state index is 0.0264. The second-order valence-corrected chi connectivity index (χ2v) is 9.02. The zero-order valence-electron chi connectivity index (χ0n) is 20.4. The number of benzene rings is 1. The average molecular weight is 474 g/mol. The van der Waals surface area contributed by atoms with Crippen LogP contribution in [-0.4, -0.2) is 80.8 Å². The fourth-order valence-corrected chi connectivity index (χ4v) is 3.88. The van der Waals surface area contributed by atoms with Gasteiger partial charge in [0.1, 0.15) is 5.75 Å². The molecule has 34 heavy (non-hydrogen) atoms. The average Bonchev–Trinajstić information content (AvgIpc) is 3.27. The summed E-state index contributed by atoms with van der Waals surface area (Å²) in [6.45, 7) is 7.16. The highest BCUT2D eigenvalue weighted by molar-refractivity contribution is 5.76. The Kier molecular flexibility index (Phi) is 9.00. The molecule has 0 bridgehead atoms. The van der Waals surface area contributed by atoms with Crippen molar-refractivity contribution in [3.63, 3.8) is 0 Å². The molecule has 186 valence electrons. The van der Waals surface area contributed by atoms with E-state index in [1.807, 2.05) is 32.9 Å². The number of amides is 2. The lowest BCUT2D eigenvalue weighted by Gasteiger charge is -2.35. The molecule has 2 heterocycles. The van der Waals surface area contributed by atoms with Crippen molar-refractivity contribution < 1.29 is 24.2 Å². The predicted octanol–water partition coefficient (Wildman–Crippen LogP) is 2.24. The molecule has 3 atom stereocenters. The first-order valence-electron chi connectivity index (χ1n) is 11.7. The number of rotatable bonds is 5. The van der Waals surface area contributed by atoms with Crippen LogP contribution < -0.4 is 4.74 Å². The number of fused-ring (bicyclic) bond motifs is 1. The number of aromatic nitrogens is 3. The summed E-state index contributed by atoms with van der Waals surface area (Å²) < 4.78 is 13.5. The van der Waals surface area contributed by atoms with Crippen LogP contribution in [0.5, 0.6) is 5.75 Å². The van der Waals surface area contributed by atoms with E-state index in [-0.39, 0.29) is 43.7 Å². The van der Waals surface area contributed by atoms with Crippen LogP contribution in [0.25, 0.3) is 0 Å². The van der Waals surface area contributed by atoms with Gasteiger partial charge in [-0.25, -0.2) is 9.48 Å². The van der Waals surface area contributed by atoms with E-state index >= 15 is 0 Å². The Morgan fingerprint density at radius 1 is 1.35 bits per heavy atom. The molecule has 0 saturated heterocycles. The number of hydrogen-bond acceptors (Lipinski definition) is 7. The Hall–Kier alpha value is -2.98. The van der Waals surface area contributed by atoms with Crippen LogP contribution in [0, 0.1) is 12.8 Å². The van der Waals surface area contributed by atoms with Gasteiger partial charge in [0.25, 0.3) is 0 Å². The van der Waals surface area contributed by atoms with Crippen LogP contribution >= 0.6 is 0 Å². The molecule has 1 aliphatic rings. The summed E-state index contributed by atoms with van der Waals surface area (Å²) in [5.41, 5.74) is 1.89. The quantitative estimate of drug-likeness (QED) is 0.709.